The molecule has 36 heavy (non-hydrogen) atoms. The molecule has 0 aliphatic carbocycles. The molecule has 10 heteroatoms. The summed E-state index contributed by atoms with van der Waals surface area (Å²) in [6.45, 7) is 0.198. The van der Waals surface area contributed by atoms with Gasteiger partial charge in [-0.2, -0.15) is 0 Å². The number of rotatable bonds is 5. The highest BCUT2D eigenvalue weighted by Gasteiger charge is 2.50. The summed E-state index contributed by atoms with van der Waals surface area (Å²) >= 11 is 0. The molecule has 2 saturated heterocycles. The first kappa shape index (κ1) is 22.9. The summed E-state index contributed by atoms with van der Waals surface area (Å²) in [5, 5.41) is 5.41. The maximum atomic E-state index is 13.2. The van der Waals surface area contributed by atoms with Crippen molar-refractivity contribution >= 4 is 43.5 Å². The van der Waals surface area contributed by atoms with Crippen LogP contribution in [0, 0.1) is 0 Å². The van der Waals surface area contributed by atoms with E-state index < -0.39 is 40.5 Å². The molecule has 0 bridgehead atoms. The van der Waals surface area contributed by atoms with E-state index in [0.29, 0.717) is 11.2 Å². The number of carbonyl (C=O) groups excluding carboxylic acids is 1. The van der Waals surface area contributed by atoms with Crippen LogP contribution in [0.2, 0.25) is 0 Å². The number of carbonyl (C=O) groups is 1. The SMILES string of the molecule is O=C(Nc1cccc2ccccc12)O[C@@H]1CO[C@H]2[C@@H]1OC[C@@H]2NS(=O)(=O)c1cccc2cccnc12. The second-order valence-corrected chi connectivity index (χ2v) is 10.4. The number of sulfonamides is 1. The first-order chi connectivity index (χ1) is 17.5. The molecule has 2 aliphatic rings. The lowest BCUT2D eigenvalue weighted by Crippen LogP contribution is -2.44. The minimum Gasteiger partial charge on any atom is -0.441 e. The van der Waals surface area contributed by atoms with E-state index in [1.54, 1.807) is 36.5 Å². The number of aromatic nitrogens is 1. The molecule has 6 rings (SSSR count). The third-order valence-electron chi connectivity index (χ3n) is 6.48. The van der Waals surface area contributed by atoms with E-state index in [-0.39, 0.29) is 18.1 Å². The number of ether oxygens (including phenoxy) is 3. The lowest BCUT2D eigenvalue weighted by Gasteiger charge is -2.18. The van der Waals surface area contributed by atoms with Gasteiger partial charge in [-0.15, -0.1) is 0 Å². The quantitative estimate of drug-likeness (QED) is 0.427. The van der Waals surface area contributed by atoms with Crippen molar-refractivity contribution in [3.63, 3.8) is 0 Å². The van der Waals surface area contributed by atoms with Crippen molar-refractivity contribution in [1.29, 1.82) is 0 Å². The fraction of sp³-hybridized carbons (Fsp3) is 0.231. The molecule has 4 aromatic rings. The highest BCUT2D eigenvalue weighted by molar-refractivity contribution is 7.89. The average Bonchev–Trinajstić information content (AvgIpc) is 3.47. The van der Waals surface area contributed by atoms with E-state index in [1.807, 2.05) is 36.4 Å². The van der Waals surface area contributed by atoms with Crippen LogP contribution in [0.15, 0.2) is 83.9 Å². The molecule has 9 nitrogen and oxygen atoms in total. The van der Waals surface area contributed by atoms with Crippen molar-refractivity contribution in [2.24, 2.45) is 0 Å². The van der Waals surface area contributed by atoms with Gasteiger partial charge in [0.05, 0.1) is 30.5 Å². The van der Waals surface area contributed by atoms with Gasteiger partial charge in [-0.25, -0.2) is 17.9 Å². The Morgan fingerprint density at radius 2 is 1.64 bits per heavy atom. The van der Waals surface area contributed by atoms with Crippen LogP contribution in [0.5, 0.6) is 0 Å². The average molecular weight is 506 g/mol. The Morgan fingerprint density at radius 3 is 2.56 bits per heavy atom. The third-order valence-corrected chi connectivity index (χ3v) is 8.01. The van der Waals surface area contributed by atoms with Crippen LogP contribution in [0.4, 0.5) is 10.5 Å². The summed E-state index contributed by atoms with van der Waals surface area (Å²) in [6, 6.07) is 21.3. The van der Waals surface area contributed by atoms with Gasteiger partial charge in [-0.1, -0.05) is 54.6 Å². The van der Waals surface area contributed by atoms with Crippen LogP contribution >= 0.6 is 0 Å². The molecule has 0 radical (unpaired) electrons. The molecular formula is C26H23N3O6S. The Bertz CT molecular complexity index is 1550. The van der Waals surface area contributed by atoms with Crippen molar-refractivity contribution in [2.75, 3.05) is 18.5 Å². The molecular weight excluding hydrogens is 482 g/mol. The highest BCUT2D eigenvalue weighted by Crippen LogP contribution is 2.31. The zero-order chi connectivity index (χ0) is 24.7. The van der Waals surface area contributed by atoms with E-state index in [1.165, 1.54) is 6.07 Å². The molecule has 0 saturated carbocycles. The smallest absolute Gasteiger partial charge is 0.412 e. The molecule has 1 aromatic heterocycles. The lowest BCUT2D eigenvalue weighted by molar-refractivity contribution is 0.00884. The molecule has 3 heterocycles. The Kier molecular flexibility index (Phi) is 5.81. The number of nitrogens with one attached hydrogen (secondary N) is 2. The van der Waals surface area contributed by atoms with Crippen LogP contribution in [0.1, 0.15) is 0 Å². The number of hydrogen-bond donors (Lipinski definition) is 2. The van der Waals surface area contributed by atoms with E-state index in [0.717, 1.165) is 16.2 Å². The van der Waals surface area contributed by atoms with Gasteiger partial charge in [-0.05, 0) is 23.6 Å². The summed E-state index contributed by atoms with van der Waals surface area (Å²) in [6.07, 6.45) is -0.907. The standard InChI is InChI=1S/C26H23N3O6S/c30-26(28-19-11-3-7-16-6-1-2-10-18(16)19)35-21-15-34-24-20(14-33-25(21)24)29-36(31,32)22-12-4-8-17-9-5-13-27-23(17)22/h1-13,20-21,24-25,29H,14-15H2,(H,28,30)/t20-,21+,24+,25+/m0/s1. The second kappa shape index (κ2) is 9.14. The molecule has 0 spiro atoms. The number of amides is 1. The largest absolute Gasteiger partial charge is 0.441 e. The summed E-state index contributed by atoms with van der Waals surface area (Å²) in [4.78, 5) is 17.0. The molecule has 0 unspecified atom stereocenters. The van der Waals surface area contributed by atoms with Crippen LogP contribution in [0.3, 0.4) is 0 Å². The zero-order valence-electron chi connectivity index (χ0n) is 19.0. The molecule has 2 fully saturated rings. The van der Waals surface area contributed by atoms with Crippen molar-refractivity contribution in [3.8, 4) is 0 Å². The minimum absolute atomic E-state index is 0.0873. The normalized spacial score (nSPS) is 23.6. The van der Waals surface area contributed by atoms with Crippen LogP contribution in [-0.2, 0) is 24.2 Å². The number of nitrogens with zero attached hydrogens (tertiary/aromatic N) is 1. The van der Waals surface area contributed by atoms with Gasteiger partial charge >= 0.3 is 6.09 Å². The Hall–Kier alpha value is -3.57. The predicted octanol–water partition coefficient (Wildman–Crippen LogP) is 3.45. The molecule has 184 valence electrons. The van der Waals surface area contributed by atoms with Gasteiger partial charge in [0, 0.05) is 17.0 Å². The first-order valence-electron chi connectivity index (χ1n) is 11.5. The second-order valence-electron chi connectivity index (χ2n) is 8.75. The van der Waals surface area contributed by atoms with Gasteiger partial charge in [0.1, 0.15) is 17.1 Å². The van der Waals surface area contributed by atoms with Gasteiger partial charge in [-0.3, -0.25) is 10.3 Å². The Balaban J connectivity index is 1.13. The van der Waals surface area contributed by atoms with E-state index in [2.05, 4.69) is 15.0 Å². The topological polar surface area (TPSA) is 116 Å². The maximum absolute atomic E-state index is 13.2. The third kappa shape index (κ3) is 4.18. The number of pyridine rings is 1. The number of hydrogen-bond acceptors (Lipinski definition) is 7. The summed E-state index contributed by atoms with van der Waals surface area (Å²) in [5.74, 6) is 0. The van der Waals surface area contributed by atoms with E-state index in [9.17, 15) is 13.2 Å². The van der Waals surface area contributed by atoms with Gasteiger partial charge in [0.2, 0.25) is 10.0 Å². The van der Waals surface area contributed by atoms with Crippen molar-refractivity contribution in [2.45, 2.75) is 29.2 Å². The van der Waals surface area contributed by atoms with Gasteiger partial charge in [0.15, 0.2) is 6.10 Å². The van der Waals surface area contributed by atoms with Gasteiger partial charge < -0.3 is 14.2 Å². The van der Waals surface area contributed by atoms with E-state index >= 15 is 0 Å². The first-order valence-corrected chi connectivity index (χ1v) is 13.0. The molecule has 3 aromatic carbocycles. The Labute approximate surface area is 207 Å². The summed E-state index contributed by atoms with van der Waals surface area (Å²) < 4.78 is 46.4. The number of benzene rings is 3. The summed E-state index contributed by atoms with van der Waals surface area (Å²) in [7, 11) is -3.90. The van der Waals surface area contributed by atoms with Crippen molar-refractivity contribution < 1.29 is 27.4 Å². The predicted molar refractivity (Wildman–Crippen MR) is 133 cm³/mol. The molecule has 2 aliphatic heterocycles. The number of anilines is 1. The zero-order valence-corrected chi connectivity index (χ0v) is 19.9. The number of para-hydroxylation sites is 1. The van der Waals surface area contributed by atoms with Crippen molar-refractivity contribution in [3.05, 3.63) is 79.0 Å². The lowest BCUT2D eigenvalue weighted by atomic mass is 10.1. The molecule has 1 amide bonds. The molecule has 4 atom stereocenters. The van der Waals surface area contributed by atoms with Crippen LogP contribution in [-0.4, -0.2) is 57.1 Å². The van der Waals surface area contributed by atoms with Crippen LogP contribution < -0.4 is 10.0 Å². The fourth-order valence-electron chi connectivity index (χ4n) is 4.83. The van der Waals surface area contributed by atoms with Crippen molar-refractivity contribution in [1.82, 2.24) is 9.71 Å². The molecule has 2 N–H and O–H groups in total. The van der Waals surface area contributed by atoms with E-state index in [4.69, 9.17) is 14.2 Å². The minimum atomic E-state index is -3.90. The van der Waals surface area contributed by atoms with Crippen LogP contribution in [0.25, 0.3) is 21.7 Å². The highest BCUT2D eigenvalue weighted by atomic mass is 32.2. The Morgan fingerprint density at radius 1 is 0.889 bits per heavy atom. The fourth-order valence-corrected chi connectivity index (χ4v) is 6.24. The maximum Gasteiger partial charge on any atom is 0.412 e. The monoisotopic (exact) mass is 505 g/mol. The summed E-state index contributed by atoms with van der Waals surface area (Å²) in [5.41, 5.74) is 1.02. The van der Waals surface area contributed by atoms with Gasteiger partial charge in [0.25, 0.3) is 0 Å². The number of fused-ring (bicyclic) bond motifs is 3.